The molecule has 0 atom stereocenters. The van der Waals surface area contributed by atoms with Crippen LogP contribution in [0.1, 0.15) is 19.4 Å². The number of halogens is 1. The molecule has 0 aromatic heterocycles. The first-order valence-electron chi connectivity index (χ1n) is 5.29. The SMILES string of the molecule is CC(C)NC(=O)Nc1cc(Br)ccc1/C(N)=N/O. The summed E-state index contributed by atoms with van der Waals surface area (Å²) in [5.41, 5.74) is 6.44. The fourth-order valence-electron chi connectivity index (χ4n) is 1.32. The zero-order valence-corrected chi connectivity index (χ0v) is 11.7. The summed E-state index contributed by atoms with van der Waals surface area (Å²) in [7, 11) is 0. The van der Waals surface area contributed by atoms with Gasteiger partial charge in [-0.05, 0) is 32.0 Å². The van der Waals surface area contributed by atoms with E-state index in [0.717, 1.165) is 4.47 Å². The van der Waals surface area contributed by atoms with E-state index in [4.69, 9.17) is 10.9 Å². The summed E-state index contributed by atoms with van der Waals surface area (Å²) < 4.78 is 0.775. The van der Waals surface area contributed by atoms with Gasteiger partial charge in [0.05, 0.1) is 5.69 Å². The lowest BCUT2D eigenvalue weighted by Gasteiger charge is -2.13. The Morgan fingerprint density at radius 2 is 2.17 bits per heavy atom. The molecule has 1 aromatic rings. The van der Waals surface area contributed by atoms with E-state index in [9.17, 15) is 4.79 Å². The Morgan fingerprint density at radius 3 is 2.72 bits per heavy atom. The molecule has 0 aliphatic heterocycles. The molecule has 0 spiro atoms. The number of nitrogens with two attached hydrogens (primary N) is 1. The van der Waals surface area contributed by atoms with Crippen LogP contribution in [0.15, 0.2) is 27.8 Å². The van der Waals surface area contributed by atoms with Crippen molar-refractivity contribution in [3.63, 3.8) is 0 Å². The lowest BCUT2D eigenvalue weighted by atomic mass is 10.1. The van der Waals surface area contributed by atoms with Crippen molar-refractivity contribution in [3.05, 3.63) is 28.2 Å². The molecule has 0 bridgehead atoms. The van der Waals surface area contributed by atoms with Crippen molar-refractivity contribution in [1.82, 2.24) is 5.32 Å². The highest BCUT2D eigenvalue weighted by molar-refractivity contribution is 9.10. The number of hydrogen-bond donors (Lipinski definition) is 4. The van der Waals surface area contributed by atoms with Crippen LogP contribution in [0.5, 0.6) is 0 Å². The van der Waals surface area contributed by atoms with Gasteiger partial charge in [-0.15, -0.1) is 0 Å². The van der Waals surface area contributed by atoms with Crippen LogP contribution in [-0.4, -0.2) is 23.1 Å². The smallest absolute Gasteiger partial charge is 0.319 e. The van der Waals surface area contributed by atoms with E-state index in [0.29, 0.717) is 11.3 Å². The van der Waals surface area contributed by atoms with Crippen molar-refractivity contribution in [1.29, 1.82) is 0 Å². The van der Waals surface area contributed by atoms with Crippen LogP contribution >= 0.6 is 15.9 Å². The fourth-order valence-corrected chi connectivity index (χ4v) is 1.68. The third-order valence-electron chi connectivity index (χ3n) is 2.03. The minimum atomic E-state index is -0.352. The lowest BCUT2D eigenvalue weighted by Crippen LogP contribution is -2.34. The topological polar surface area (TPSA) is 99.7 Å². The van der Waals surface area contributed by atoms with Gasteiger partial charge in [-0.3, -0.25) is 0 Å². The summed E-state index contributed by atoms with van der Waals surface area (Å²) in [5.74, 6) is -0.0673. The molecule has 6 nitrogen and oxygen atoms in total. The molecule has 0 saturated heterocycles. The maximum atomic E-state index is 11.6. The van der Waals surface area contributed by atoms with E-state index in [1.54, 1.807) is 18.2 Å². The molecule has 2 amide bonds. The number of rotatable bonds is 3. The molecule has 0 unspecified atom stereocenters. The van der Waals surface area contributed by atoms with Gasteiger partial charge in [-0.2, -0.15) is 0 Å². The minimum absolute atomic E-state index is 0.0180. The number of carbonyl (C=O) groups excluding carboxylic acids is 1. The van der Waals surface area contributed by atoms with Crippen molar-refractivity contribution in [2.45, 2.75) is 19.9 Å². The molecule has 0 saturated carbocycles. The van der Waals surface area contributed by atoms with Gasteiger partial charge in [0.25, 0.3) is 0 Å². The van der Waals surface area contributed by atoms with E-state index in [1.165, 1.54) is 0 Å². The maximum Gasteiger partial charge on any atom is 0.319 e. The largest absolute Gasteiger partial charge is 0.409 e. The van der Waals surface area contributed by atoms with E-state index >= 15 is 0 Å². The van der Waals surface area contributed by atoms with Gasteiger partial charge in [0.15, 0.2) is 5.84 Å². The quantitative estimate of drug-likeness (QED) is 0.297. The second kappa shape index (κ2) is 6.25. The molecular weight excluding hydrogens is 300 g/mol. The van der Waals surface area contributed by atoms with Gasteiger partial charge in [-0.25, -0.2) is 4.79 Å². The van der Waals surface area contributed by atoms with E-state index in [-0.39, 0.29) is 17.9 Å². The van der Waals surface area contributed by atoms with Crippen LogP contribution in [0.2, 0.25) is 0 Å². The number of urea groups is 1. The van der Waals surface area contributed by atoms with Crippen LogP contribution in [0.4, 0.5) is 10.5 Å². The second-order valence-corrected chi connectivity index (χ2v) is 4.84. The summed E-state index contributed by atoms with van der Waals surface area (Å²) >= 11 is 3.29. The van der Waals surface area contributed by atoms with Crippen LogP contribution < -0.4 is 16.4 Å². The molecule has 0 aliphatic carbocycles. The number of nitrogens with zero attached hydrogens (tertiary/aromatic N) is 1. The molecule has 5 N–H and O–H groups in total. The van der Waals surface area contributed by atoms with Crippen molar-refractivity contribution in [2.24, 2.45) is 10.9 Å². The molecule has 18 heavy (non-hydrogen) atoms. The maximum absolute atomic E-state index is 11.6. The van der Waals surface area contributed by atoms with Gasteiger partial charge in [0.2, 0.25) is 0 Å². The minimum Gasteiger partial charge on any atom is -0.409 e. The molecule has 0 radical (unpaired) electrons. The first kappa shape index (κ1) is 14.3. The normalized spacial score (nSPS) is 11.4. The Labute approximate surface area is 113 Å². The zero-order chi connectivity index (χ0) is 13.7. The second-order valence-electron chi connectivity index (χ2n) is 3.93. The van der Waals surface area contributed by atoms with Crippen molar-refractivity contribution in [3.8, 4) is 0 Å². The fraction of sp³-hybridized carbons (Fsp3) is 0.273. The Kier molecular flexibility index (Phi) is 4.96. The Bertz CT molecular complexity index is 474. The number of oxime groups is 1. The molecule has 1 aromatic carbocycles. The predicted octanol–water partition coefficient (Wildman–Crippen LogP) is 2.07. The average Bonchev–Trinajstić information content (AvgIpc) is 2.27. The molecule has 98 valence electrons. The van der Waals surface area contributed by atoms with Crippen molar-refractivity contribution >= 4 is 33.5 Å². The number of amides is 2. The molecular formula is C11H15BrN4O2. The van der Waals surface area contributed by atoms with Gasteiger partial charge >= 0.3 is 6.03 Å². The molecule has 0 heterocycles. The molecule has 1 rings (SSSR count). The monoisotopic (exact) mass is 314 g/mol. The Balaban J connectivity index is 2.99. The highest BCUT2D eigenvalue weighted by Crippen LogP contribution is 2.21. The molecule has 7 heteroatoms. The summed E-state index contributed by atoms with van der Waals surface area (Å²) in [6, 6.07) is 4.72. The molecule has 0 fully saturated rings. The van der Waals surface area contributed by atoms with Crippen molar-refractivity contribution in [2.75, 3.05) is 5.32 Å². The number of benzene rings is 1. The van der Waals surface area contributed by atoms with Crippen molar-refractivity contribution < 1.29 is 10.0 Å². The first-order chi connectivity index (χ1) is 8.43. The van der Waals surface area contributed by atoms with Gasteiger partial charge < -0.3 is 21.6 Å². The first-order valence-corrected chi connectivity index (χ1v) is 6.08. The van der Waals surface area contributed by atoms with E-state index in [1.807, 2.05) is 13.8 Å². The van der Waals surface area contributed by atoms with E-state index in [2.05, 4.69) is 31.7 Å². The predicted molar refractivity (Wildman–Crippen MR) is 73.9 cm³/mol. The molecule has 0 aliphatic rings. The standard InChI is InChI=1S/C11H15BrN4O2/c1-6(2)14-11(17)15-9-5-7(12)3-4-8(9)10(13)16-18/h3-6,18H,1-2H3,(H2,13,16)(H2,14,15,17). The summed E-state index contributed by atoms with van der Waals surface area (Å²) in [5, 5.41) is 16.9. The summed E-state index contributed by atoms with van der Waals surface area (Å²) in [6.07, 6.45) is 0. The number of amidine groups is 1. The number of carbonyl (C=O) groups is 1. The van der Waals surface area contributed by atoms with Crippen LogP contribution in [-0.2, 0) is 0 Å². The Hall–Kier alpha value is -1.76. The lowest BCUT2D eigenvalue weighted by molar-refractivity contribution is 0.250. The van der Waals surface area contributed by atoms with Crippen LogP contribution in [0.25, 0.3) is 0 Å². The third-order valence-corrected chi connectivity index (χ3v) is 2.53. The number of nitrogens with one attached hydrogen (secondary N) is 2. The highest BCUT2D eigenvalue weighted by Gasteiger charge is 2.11. The van der Waals surface area contributed by atoms with Crippen LogP contribution in [0, 0.1) is 0 Å². The Morgan fingerprint density at radius 1 is 1.50 bits per heavy atom. The third kappa shape index (κ3) is 3.92. The summed E-state index contributed by atoms with van der Waals surface area (Å²) in [4.78, 5) is 11.6. The average molecular weight is 315 g/mol. The van der Waals surface area contributed by atoms with Crippen LogP contribution in [0.3, 0.4) is 0 Å². The van der Waals surface area contributed by atoms with Gasteiger partial charge in [-0.1, -0.05) is 21.1 Å². The zero-order valence-electron chi connectivity index (χ0n) is 10.1. The summed E-state index contributed by atoms with van der Waals surface area (Å²) in [6.45, 7) is 3.70. The number of hydrogen-bond acceptors (Lipinski definition) is 3. The number of anilines is 1. The van der Waals surface area contributed by atoms with Gasteiger partial charge in [0.1, 0.15) is 0 Å². The van der Waals surface area contributed by atoms with E-state index < -0.39 is 0 Å². The highest BCUT2D eigenvalue weighted by atomic mass is 79.9. The van der Waals surface area contributed by atoms with Gasteiger partial charge in [0, 0.05) is 16.1 Å².